The van der Waals surface area contributed by atoms with Crippen LogP contribution in [0.3, 0.4) is 0 Å². The molecule has 116 valence electrons. The second-order valence-corrected chi connectivity index (χ2v) is 5.55. The highest BCUT2D eigenvalue weighted by Crippen LogP contribution is 2.36. The lowest BCUT2D eigenvalue weighted by molar-refractivity contribution is 0.0636. The van der Waals surface area contributed by atoms with Crippen LogP contribution in [0.2, 0.25) is 0 Å². The summed E-state index contributed by atoms with van der Waals surface area (Å²) in [5.41, 5.74) is -0.904. The molecule has 1 saturated heterocycles. The van der Waals surface area contributed by atoms with E-state index in [0.717, 1.165) is 0 Å². The number of carbonyl (C=O) groups is 1. The Kier molecular flexibility index (Phi) is 3.98. The minimum Gasteiger partial charge on any atom is -0.503 e. The SMILES string of the molecule is CC.CC1CN2C(=O)c3c(O)c(=O)c(O)cn3C[C@@H]2[C@@H]1C. The third-order valence-corrected chi connectivity index (χ3v) is 4.47. The van der Waals surface area contributed by atoms with E-state index in [1.165, 1.54) is 10.8 Å². The first-order valence-corrected chi connectivity index (χ1v) is 7.38. The molecule has 0 aromatic carbocycles. The van der Waals surface area contributed by atoms with E-state index in [-0.39, 0.29) is 17.6 Å². The maximum absolute atomic E-state index is 12.4. The number of fused-ring (bicyclic) bond motifs is 2. The molecule has 1 amide bonds. The number of pyridine rings is 1. The highest BCUT2D eigenvalue weighted by molar-refractivity contribution is 5.96. The molecule has 3 atom stereocenters. The largest absolute Gasteiger partial charge is 0.503 e. The number of hydrogen-bond donors (Lipinski definition) is 2. The first-order chi connectivity index (χ1) is 9.91. The quantitative estimate of drug-likeness (QED) is 0.757. The van der Waals surface area contributed by atoms with Gasteiger partial charge in [0.1, 0.15) is 0 Å². The van der Waals surface area contributed by atoms with E-state index < -0.39 is 16.9 Å². The summed E-state index contributed by atoms with van der Waals surface area (Å²) in [6, 6.07) is 0.0521. The number of amides is 1. The predicted octanol–water partition coefficient (Wildman–Crippen LogP) is 1.40. The third kappa shape index (κ3) is 2.18. The molecule has 0 radical (unpaired) electrons. The average molecular weight is 294 g/mol. The summed E-state index contributed by atoms with van der Waals surface area (Å²) in [6.07, 6.45) is 1.24. The number of nitrogens with zero attached hydrogens (tertiary/aromatic N) is 2. The van der Waals surface area contributed by atoms with Crippen molar-refractivity contribution < 1.29 is 15.0 Å². The fourth-order valence-corrected chi connectivity index (χ4v) is 3.11. The second kappa shape index (κ2) is 5.42. The molecule has 0 bridgehead atoms. The van der Waals surface area contributed by atoms with Crippen LogP contribution < -0.4 is 5.43 Å². The molecule has 3 rings (SSSR count). The molecule has 1 aromatic heterocycles. The first-order valence-electron chi connectivity index (χ1n) is 7.38. The van der Waals surface area contributed by atoms with Crippen molar-refractivity contribution in [2.24, 2.45) is 11.8 Å². The zero-order chi connectivity index (χ0) is 15.9. The molecule has 0 aliphatic carbocycles. The van der Waals surface area contributed by atoms with Gasteiger partial charge in [-0.1, -0.05) is 27.7 Å². The van der Waals surface area contributed by atoms with Crippen LogP contribution in [0.4, 0.5) is 0 Å². The monoisotopic (exact) mass is 294 g/mol. The van der Waals surface area contributed by atoms with E-state index in [1.54, 1.807) is 4.90 Å². The Hall–Kier alpha value is -1.98. The topological polar surface area (TPSA) is 82.8 Å². The lowest BCUT2D eigenvalue weighted by atomic mass is 9.93. The number of rotatable bonds is 0. The molecule has 6 nitrogen and oxygen atoms in total. The minimum absolute atomic E-state index is 0.0136. The third-order valence-electron chi connectivity index (χ3n) is 4.47. The van der Waals surface area contributed by atoms with Crippen LogP contribution in [-0.4, -0.2) is 38.2 Å². The lowest BCUT2D eigenvalue weighted by Gasteiger charge is -2.34. The van der Waals surface area contributed by atoms with E-state index in [1.807, 2.05) is 13.8 Å². The molecule has 2 N–H and O–H groups in total. The van der Waals surface area contributed by atoms with Gasteiger partial charge in [0.25, 0.3) is 11.3 Å². The molecule has 0 spiro atoms. The number of carbonyl (C=O) groups excluding carboxylic acids is 1. The van der Waals surface area contributed by atoms with Gasteiger partial charge in [0.15, 0.2) is 17.2 Å². The van der Waals surface area contributed by atoms with Crippen molar-refractivity contribution in [1.29, 1.82) is 0 Å². The second-order valence-electron chi connectivity index (χ2n) is 5.55. The highest BCUT2D eigenvalue weighted by Gasteiger charge is 2.44. The molecule has 2 aliphatic rings. The zero-order valence-electron chi connectivity index (χ0n) is 12.8. The molecule has 3 heterocycles. The van der Waals surface area contributed by atoms with Crippen molar-refractivity contribution in [3.63, 3.8) is 0 Å². The van der Waals surface area contributed by atoms with Gasteiger partial charge < -0.3 is 19.7 Å². The summed E-state index contributed by atoms with van der Waals surface area (Å²) in [5.74, 6) is -0.786. The van der Waals surface area contributed by atoms with Crippen molar-refractivity contribution in [3.05, 3.63) is 22.1 Å². The van der Waals surface area contributed by atoms with Gasteiger partial charge in [-0.2, -0.15) is 0 Å². The molecule has 0 saturated carbocycles. The number of aromatic nitrogens is 1. The fourth-order valence-electron chi connectivity index (χ4n) is 3.11. The van der Waals surface area contributed by atoms with Crippen LogP contribution in [0.25, 0.3) is 0 Å². The Labute approximate surface area is 123 Å². The van der Waals surface area contributed by atoms with Gasteiger partial charge in [-0.3, -0.25) is 9.59 Å². The summed E-state index contributed by atoms with van der Waals surface area (Å²) in [6.45, 7) is 9.31. The molecular weight excluding hydrogens is 272 g/mol. The van der Waals surface area contributed by atoms with Crippen LogP contribution in [0, 0.1) is 11.8 Å². The van der Waals surface area contributed by atoms with E-state index in [4.69, 9.17) is 0 Å². The Morgan fingerprint density at radius 3 is 2.38 bits per heavy atom. The van der Waals surface area contributed by atoms with Crippen molar-refractivity contribution >= 4 is 5.91 Å². The minimum atomic E-state index is -0.890. The molecular formula is C15H22N2O4. The highest BCUT2D eigenvalue weighted by atomic mass is 16.3. The van der Waals surface area contributed by atoms with Crippen molar-refractivity contribution in [2.75, 3.05) is 6.54 Å². The molecule has 1 aromatic rings. The standard InChI is InChI=1S/C13H16N2O4.C2H6/c1-6-3-15-8(7(6)2)4-14-5-9(16)11(17)12(18)10(14)13(15)19;1-2/h5-8,16,18H,3-4H2,1-2H3;1-2H3/t6?,7-,8-;/m1./s1. The smallest absolute Gasteiger partial charge is 0.274 e. The maximum Gasteiger partial charge on any atom is 0.274 e. The van der Waals surface area contributed by atoms with E-state index in [0.29, 0.717) is 24.9 Å². The van der Waals surface area contributed by atoms with Gasteiger partial charge in [-0.15, -0.1) is 0 Å². The van der Waals surface area contributed by atoms with Crippen LogP contribution in [0.5, 0.6) is 11.5 Å². The Bertz CT molecular complexity index is 623. The van der Waals surface area contributed by atoms with E-state index in [9.17, 15) is 19.8 Å². The van der Waals surface area contributed by atoms with Crippen LogP contribution >= 0.6 is 0 Å². The normalized spacial score (nSPS) is 26.8. The van der Waals surface area contributed by atoms with Gasteiger partial charge in [0, 0.05) is 13.1 Å². The van der Waals surface area contributed by atoms with Crippen molar-refractivity contribution in [1.82, 2.24) is 9.47 Å². The van der Waals surface area contributed by atoms with Crippen LogP contribution in [0.1, 0.15) is 38.2 Å². The Balaban J connectivity index is 0.000000774. The van der Waals surface area contributed by atoms with Gasteiger partial charge in [-0.25, -0.2) is 0 Å². The predicted molar refractivity (Wildman–Crippen MR) is 78.5 cm³/mol. The zero-order valence-corrected chi connectivity index (χ0v) is 12.8. The summed E-state index contributed by atoms with van der Waals surface area (Å²) in [5, 5.41) is 19.3. The van der Waals surface area contributed by atoms with Crippen LogP contribution in [-0.2, 0) is 6.54 Å². The summed E-state index contributed by atoms with van der Waals surface area (Å²) in [4.78, 5) is 25.6. The summed E-state index contributed by atoms with van der Waals surface area (Å²) < 4.78 is 1.49. The van der Waals surface area contributed by atoms with Crippen molar-refractivity contribution in [3.8, 4) is 11.5 Å². The summed E-state index contributed by atoms with van der Waals surface area (Å²) >= 11 is 0. The molecule has 1 unspecified atom stereocenters. The first kappa shape index (κ1) is 15.4. The van der Waals surface area contributed by atoms with Crippen molar-refractivity contribution in [2.45, 2.75) is 40.3 Å². The number of hydrogen-bond acceptors (Lipinski definition) is 4. The van der Waals surface area contributed by atoms with Gasteiger partial charge in [0.05, 0.1) is 12.2 Å². The molecule has 6 heteroatoms. The number of aromatic hydroxyl groups is 2. The summed E-state index contributed by atoms with van der Waals surface area (Å²) in [7, 11) is 0. The lowest BCUT2D eigenvalue weighted by Crippen LogP contribution is -2.46. The average Bonchev–Trinajstić information content (AvgIpc) is 2.75. The Morgan fingerprint density at radius 1 is 1.14 bits per heavy atom. The Morgan fingerprint density at radius 2 is 1.76 bits per heavy atom. The van der Waals surface area contributed by atoms with Gasteiger partial charge in [-0.05, 0) is 11.8 Å². The molecule has 2 aliphatic heterocycles. The van der Waals surface area contributed by atoms with Gasteiger partial charge >= 0.3 is 0 Å². The molecule has 1 fully saturated rings. The van der Waals surface area contributed by atoms with Gasteiger partial charge in [0.2, 0.25) is 0 Å². The fraction of sp³-hybridized carbons (Fsp3) is 0.600. The van der Waals surface area contributed by atoms with E-state index >= 15 is 0 Å². The van der Waals surface area contributed by atoms with E-state index in [2.05, 4.69) is 13.8 Å². The van der Waals surface area contributed by atoms with Crippen LogP contribution in [0.15, 0.2) is 11.0 Å². The maximum atomic E-state index is 12.4. The molecule has 21 heavy (non-hydrogen) atoms.